The van der Waals surface area contributed by atoms with Crippen LogP contribution in [0.3, 0.4) is 0 Å². The van der Waals surface area contributed by atoms with E-state index < -0.39 is 11.4 Å². The zero-order valence-corrected chi connectivity index (χ0v) is 11.2. The van der Waals surface area contributed by atoms with Crippen LogP contribution < -0.4 is 0 Å². The molecule has 0 bridgehead atoms. The van der Waals surface area contributed by atoms with Crippen LogP contribution in [0.5, 0.6) is 5.75 Å². The Morgan fingerprint density at radius 3 is 2.41 bits per heavy atom. The summed E-state index contributed by atoms with van der Waals surface area (Å²) >= 11 is 5.95. The molecule has 3 nitrogen and oxygen atoms in total. The Bertz CT molecular complexity index is 464. The predicted octanol–water partition coefficient (Wildman–Crippen LogP) is 3.32. The predicted molar refractivity (Wildman–Crippen MR) is 67.7 cm³/mol. The monoisotopic (exact) mass is 256 g/mol. The summed E-state index contributed by atoms with van der Waals surface area (Å²) in [6.45, 7) is 6.81. The molecule has 4 heteroatoms. The van der Waals surface area contributed by atoms with E-state index in [9.17, 15) is 9.90 Å². The fraction of sp³-hybridized carbons (Fsp3) is 0.462. The zero-order valence-electron chi connectivity index (χ0n) is 10.5. The number of aromatic hydroxyl groups is 1. The second-order valence-corrected chi connectivity index (χ2v) is 5.40. The highest BCUT2D eigenvalue weighted by Gasteiger charge is 2.29. The molecule has 0 saturated heterocycles. The maximum atomic E-state index is 11.1. The average Bonchev–Trinajstić information content (AvgIpc) is 2.21. The van der Waals surface area contributed by atoms with Crippen molar-refractivity contribution in [3.05, 3.63) is 27.8 Å². The molecule has 0 fully saturated rings. The minimum absolute atomic E-state index is 0.101. The Labute approximate surface area is 106 Å². The summed E-state index contributed by atoms with van der Waals surface area (Å²) in [4.78, 5) is 11.1. The van der Waals surface area contributed by atoms with Gasteiger partial charge in [-0.3, -0.25) is 4.79 Å². The van der Waals surface area contributed by atoms with E-state index >= 15 is 0 Å². The van der Waals surface area contributed by atoms with Crippen LogP contribution >= 0.6 is 11.6 Å². The molecule has 0 aliphatic heterocycles. The van der Waals surface area contributed by atoms with Crippen LogP contribution in [0.2, 0.25) is 5.02 Å². The molecule has 1 aromatic rings. The molecule has 2 N–H and O–H groups in total. The number of carboxylic acid groups (broad SMARTS) is 1. The van der Waals surface area contributed by atoms with Crippen LogP contribution in [0.15, 0.2) is 6.07 Å². The summed E-state index contributed by atoms with van der Waals surface area (Å²) in [5.41, 5.74) is 1.14. The van der Waals surface area contributed by atoms with Gasteiger partial charge in [-0.25, -0.2) is 0 Å². The van der Waals surface area contributed by atoms with Gasteiger partial charge in [0.1, 0.15) is 5.75 Å². The quantitative estimate of drug-likeness (QED) is 0.872. The van der Waals surface area contributed by atoms with Gasteiger partial charge in [0.05, 0.1) is 5.41 Å². The van der Waals surface area contributed by atoms with Crippen molar-refractivity contribution in [2.45, 2.75) is 34.1 Å². The van der Waals surface area contributed by atoms with E-state index in [1.165, 1.54) is 0 Å². The van der Waals surface area contributed by atoms with Crippen molar-refractivity contribution < 1.29 is 15.0 Å². The lowest BCUT2D eigenvalue weighted by Crippen LogP contribution is -2.26. The Balaban J connectivity index is 3.25. The summed E-state index contributed by atoms with van der Waals surface area (Å²) < 4.78 is 0. The number of carboxylic acids is 1. The standard InChI is InChI=1S/C13H17ClO3/c1-7-5-10(14)8(2)11(15)9(7)6-13(3,4)12(16)17/h5,15H,6H2,1-4H3,(H,16,17). The Morgan fingerprint density at radius 1 is 1.41 bits per heavy atom. The molecule has 1 aromatic carbocycles. The topological polar surface area (TPSA) is 57.5 Å². The third kappa shape index (κ3) is 2.72. The molecule has 0 spiro atoms. The van der Waals surface area contributed by atoms with Gasteiger partial charge in [0.2, 0.25) is 0 Å². The molecule has 94 valence electrons. The van der Waals surface area contributed by atoms with Crippen molar-refractivity contribution in [2.24, 2.45) is 5.41 Å². The third-order valence-electron chi connectivity index (χ3n) is 3.02. The first-order chi connectivity index (χ1) is 7.66. The number of hydrogen-bond acceptors (Lipinski definition) is 2. The van der Waals surface area contributed by atoms with E-state index in [0.717, 1.165) is 5.56 Å². The van der Waals surface area contributed by atoms with Crippen LogP contribution in [0, 0.1) is 19.3 Å². The average molecular weight is 257 g/mol. The molecule has 0 radical (unpaired) electrons. The van der Waals surface area contributed by atoms with Gasteiger partial charge in [-0.2, -0.15) is 0 Å². The number of carbonyl (C=O) groups is 1. The molecule has 0 atom stereocenters. The van der Waals surface area contributed by atoms with Crippen LogP contribution in [-0.4, -0.2) is 16.2 Å². The lowest BCUT2D eigenvalue weighted by atomic mass is 9.83. The summed E-state index contributed by atoms with van der Waals surface area (Å²) in [6, 6.07) is 1.75. The molecule has 0 unspecified atom stereocenters. The highest BCUT2D eigenvalue weighted by molar-refractivity contribution is 6.31. The molecule has 17 heavy (non-hydrogen) atoms. The fourth-order valence-electron chi connectivity index (χ4n) is 1.65. The number of hydrogen-bond donors (Lipinski definition) is 2. The maximum Gasteiger partial charge on any atom is 0.309 e. The SMILES string of the molecule is Cc1cc(Cl)c(C)c(O)c1CC(C)(C)C(=O)O. The zero-order chi connectivity index (χ0) is 13.4. The van der Waals surface area contributed by atoms with E-state index in [2.05, 4.69) is 0 Å². The second kappa shape index (κ2) is 4.57. The van der Waals surface area contributed by atoms with E-state index in [-0.39, 0.29) is 12.2 Å². The molecule has 0 aliphatic rings. The fourth-order valence-corrected chi connectivity index (χ4v) is 1.91. The first-order valence-corrected chi connectivity index (χ1v) is 5.75. The molecule has 0 heterocycles. The first-order valence-electron chi connectivity index (χ1n) is 5.37. The van der Waals surface area contributed by atoms with Crippen LogP contribution in [0.25, 0.3) is 0 Å². The number of rotatable bonds is 3. The highest BCUT2D eigenvalue weighted by Crippen LogP contribution is 2.35. The number of phenolic OH excluding ortho intramolecular Hbond substituents is 1. The van der Waals surface area contributed by atoms with Gasteiger partial charge in [0.25, 0.3) is 0 Å². The number of phenols is 1. The summed E-state index contributed by atoms with van der Waals surface area (Å²) in [6.07, 6.45) is 0.276. The van der Waals surface area contributed by atoms with Crippen molar-refractivity contribution in [3.63, 3.8) is 0 Å². The van der Waals surface area contributed by atoms with Gasteiger partial charge in [0, 0.05) is 10.6 Å². The van der Waals surface area contributed by atoms with Gasteiger partial charge in [-0.15, -0.1) is 0 Å². The van der Waals surface area contributed by atoms with Crippen molar-refractivity contribution in [2.75, 3.05) is 0 Å². The summed E-state index contributed by atoms with van der Waals surface area (Å²) in [5.74, 6) is -0.784. The summed E-state index contributed by atoms with van der Waals surface area (Å²) in [5, 5.41) is 19.6. The Kier molecular flexibility index (Phi) is 3.72. The van der Waals surface area contributed by atoms with Gasteiger partial charge in [0.15, 0.2) is 0 Å². The Hall–Kier alpha value is -1.22. The maximum absolute atomic E-state index is 11.1. The number of halogens is 1. The molecular weight excluding hydrogens is 240 g/mol. The first kappa shape index (κ1) is 13.8. The highest BCUT2D eigenvalue weighted by atomic mass is 35.5. The van der Waals surface area contributed by atoms with Crippen LogP contribution in [-0.2, 0) is 11.2 Å². The van der Waals surface area contributed by atoms with E-state index in [0.29, 0.717) is 16.1 Å². The number of aryl methyl sites for hydroxylation is 1. The van der Waals surface area contributed by atoms with E-state index in [1.54, 1.807) is 26.8 Å². The van der Waals surface area contributed by atoms with Crippen molar-refractivity contribution in [1.82, 2.24) is 0 Å². The lowest BCUT2D eigenvalue weighted by molar-refractivity contribution is -0.146. The largest absolute Gasteiger partial charge is 0.507 e. The minimum atomic E-state index is -0.914. The molecule has 1 rings (SSSR count). The normalized spacial score (nSPS) is 11.6. The van der Waals surface area contributed by atoms with E-state index in [4.69, 9.17) is 16.7 Å². The van der Waals surface area contributed by atoms with Crippen LogP contribution in [0.1, 0.15) is 30.5 Å². The van der Waals surface area contributed by atoms with Crippen molar-refractivity contribution in [3.8, 4) is 5.75 Å². The van der Waals surface area contributed by atoms with Gasteiger partial charge in [-0.1, -0.05) is 11.6 Å². The Morgan fingerprint density at radius 2 is 1.94 bits per heavy atom. The lowest BCUT2D eigenvalue weighted by Gasteiger charge is -2.22. The second-order valence-electron chi connectivity index (χ2n) is 4.99. The number of benzene rings is 1. The molecule has 0 saturated carbocycles. The molecular formula is C13H17ClO3. The van der Waals surface area contributed by atoms with Crippen molar-refractivity contribution >= 4 is 17.6 Å². The number of aliphatic carboxylic acids is 1. The minimum Gasteiger partial charge on any atom is -0.507 e. The molecule has 0 aromatic heterocycles. The smallest absolute Gasteiger partial charge is 0.309 e. The van der Waals surface area contributed by atoms with Gasteiger partial charge < -0.3 is 10.2 Å². The summed E-state index contributed by atoms with van der Waals surface area (Å²) in [7, 11) is 0. The van der Waals surface area contributed by atoms with Gasteiger partial charge in [-0.05, 0) is 51.3 Å². The van der Waals surface area contributed by atoms with E-state index in [1.807, 2.05) is 6.92 Å². The third-order valence-corrected chi connectivity index (χ3v) is 3.41. The van der Waals surface area contributed by atoms with Gasteiger partial charge >= 0.3 is 5.97 Å². The van der Waals surface area contributed by atoms with Crippen LogP contribution in [0.4, 0.5) is 0 Å². The molecule has 0 amide bonds. The van der Waals surface area contributed by atoms with Crippen molar-refractivity contribution in [1.29, 1.82) is 0 Å². The molecule has 0 aliphatic carbocycles.